The van der Waals surface area contributed by atoms with E-state index in [2.05, 4.69) is 10.4 Å². The van der Waals surface area contributed by atoms with Crippen LogP contribution in [0.5, 0.6) is 0 Å². The molecule has 2 aromatic carbocycles. The number of nitro benzene ring substituents is 1. The Morgan fingerprint density at radius 2 is 1.87 bits per heavy atom. The molecule has 1 amide bonds. The minimum absolute atomic E-state index is 0.127. The summed E-state index contributed by atoms with van der Waals surface area (Å²) in [5.74, 6) is -0.441. The lowest BCUT2D eigenvalue weighted by atomic mass is 10.1. The number of halogens is 3. The molecule has 1 aromatic heterocycles. The van der Waals surface area contributed by atoms with Crippen LogP contribution in [0.25, 0.3) is 5.69 Å². The van der Waals surface area contributed by atoms with Crippen LogP contribution in [0.1, 0.15) is 40.1 Å². The third kappa shape index (κ3) is 4.32. The number of aromatic nitrogens is 2. The Hall–Kier alpha value is -3.69. The monoisotopic (exact) mass is 418 g/mol. The molecule has 156 valence electrons. The zero-order valence-electron chi connectivity index (χ0n) is 16.0. The molecule has 3 rings (SSSR count). The molecule has 0 aliphatic heterocycles. The molecule has 3 aromatic rings. The molecule has 0 unspecified atom stereocenters. The van der Waals surface area contributed by atoms with Gasteiger partial charge in [-0.15, -0.1) is 0 Å². The van der Waals surface area contributed by atoms with Gasteiger partial charge in [0.25, 0.3) is 11.6 Å². The molecule has 7 nitrogen and oxygen atoms in total. The van der Waals surface area contributed by atoms with Crippen molar-refractivity contribution in [1.29, 1.82) is 0 Å². The summed E-state index contributed by atoms with van der Waals surface area (Å²) in [6.07, 6.45) is -2.98. The summed E-state index contributed by atoms with van der Waals surface area (Å²) in [4.78, 5) is 22.6. The highest BCUT2D eigenvalue weighted by atomic mass is 19.4. The number of nitro groups is 1. The minimum atomic E-state index is -4.47. The first-order chi connectivity index (χ1) is 14.1. The highest BCUT2D eigenvalue weighted by Gasteiger charge is 2.30. The summed E-state index contributed by atoms with van der Waals surface area (Å²) < 4.78 is 40.3. The molecule has 1 heterocycles. The molecule has 1 atom stereocenters. The van der Waals surface area contributed by atoms with E-state index in [4.69, 9.17) is 0 Å². The fourth-order valence-electron chi connectivity index (χ4n) is 3.01. The van der Waals surface area contributed by atoms with Gasteiger partial charge in [0.15, 0.2) is 0 Å². The summed E-state index contributed by atoms with van der Waals surface area (Å²) >= 11 is 0. The van der Waals surface area contributed by atoms with Crippen LogP contribution in [0.4, 0.5) is 18.9 Å². The number of hydrogen-bond acceptors (Lipinski definition) is 4. The number of benzene rings is 2. The van der Waals surface area contributed by atoms with Crippen molar-refractivity contribution in [1.82, 2.24) is 15.1 Å². The number of amides is 1. The Morgan fingerprint density at radius 1 is 1.20 bits per heavy atom. The largest absolute Gasteiger partial charge is 0.416 e. The fourth-order valence-corrected chi connectivity index (χ4v) is 3.01. The van der Waals surface area contributed by atoms with Crippen LogP contribution < -0.4 is 5.32 Å². The van der Waals surface area contributed by atoms with Crippen LogP contribution in [-0.2, 0) is 6.18 Å². The van der Waals surface area contributed by atoms with Gasteiger partial charge < -0.3 is 5.32 Å². The predicted octanol–water partition coefficient (Wildman–Crippen LogP) is 4.60. The van der Waals surface area contributed by atoms with Crippen molar-refractivity contribution in [2.24, 2.45) is 0 Å². The first-order valence-corrected chi connectivity index (χ1v) is 8.85. The molecular weight excluding hydrogens is 401 g/mol. The van der Waals surface area contributed by atoms with Crippen molar-refractivity contribution < 1.29 is 22.9 Å². The number of carbonyl (C=O) groups excluding carboxylic acids is 1. The van der Waals surface area contributed by atoms with E-state index in [1.165, 1.54) is 47.3 Å². The molecule has 30 heavy (non-hydrogen) atoms. The van der Waals surface area contributed by atoms with Gasteiger partial charge in [-0.25, -0.2) is 4.68 Å². The highest BCUT2D eigenvalue weighted by molar-refractivity contribution is 5.94. The van der Waals surface area contributed by atoms with Crippen LogP contribution >= 0.6 is 0 Å². The second kappa shape index (κ2) is 7.97. The Labute approximate surface area is 169 Å². The number of alkyl halides is 3. The van der Waals surface area contributed by atoms with E-state index in [1.54, 1.807) is 13.8 Å². The van der Waals surface area contributed by atoms with Gasteiger partial charge >= 0.3 is 6.18 Å². The summed E-state index contributed by atoms with van der Waals surface area (Å²) in [7, 11) is 0. The van der Waals surface area contributed by atoms with Crippen molar-refractivity contribution in [2.75, 3.05) is 0 Å². The Kier molecular flexibility index (Phi) is 5.59. The lowest BCUT2D eigenvalue weighted by Gasteiger charge is -2.15. The van der Waals surface area contributed by atoms with E-state index in [9.17, 15) is 28.1 Å². The molecule has 0 aliphatic rings. The second-order valence-electron chi connectivity index (χ2n) is 6.64. The normalized spacial score (nSPS) is 12.4. The molecule has 0 radical (unpaired) electrons. The van der Waals surface area contributed by atoms with E-state index in [0.29, 0.717) is 11.3 Å². The third-order valence-corrected chi connectivity index (χ3v) is 4.62. The van der Waals surface area contributed by atoms with E-state index in [1.807, 2.05) is 0 Å². The standard InChI is InChI=1S/C20H17F3N4O3/c1-12(25-19(28)14-6-8-16(9-7-14)27(29)30)18-11-24-26(13(18)2)17-5-3-4-15(10-17)20(21,22)23/h3-12H,1-2H3,(H,25,28)/t12-/m0/s1. The second-order valence-corrected chi connectivity index (χ2v) is 6.64. The first-order valence-electron chi connectivity index (χ1n) is 8.85. The zero-order valence-corrected chi connectivity index (χ0v) is 16.0. The van der Waals surface area contributed by atoms with Gasteiger partial charge in [0.05, 0.1) is 28.4 Å². The Bertz CT molecular complexity index is 1090. The molecule has 1 N–H and O–H groups in total. The summed E-state index contributed by atoms with van der Waals surface area (Å²) in [6, 6.07) is 9.47. The van der Waals surface area contributed by atoms with Crippen LogP contribution in [0.15, 0.2) is 54.7 Å². The van der Waals surface area contributed by atoms with Gasteiger partial charge in [-0.2, -0.15) is 18.3 Å². The van der Waals surface area contributed by atoms with Crippen LogP contribution in [0, 0.1) is 17.0 Å². The van der Waals surface area contributed by atoms with Crippen molar-refractivity contribution in [3.05, 3.63) is 87.2 Å². The van der Waals surface area contributed by atoms with Gasteiger partial charge in [0, 0.05) is 29.0 Å². The van der Waals surface area contributed by atoms with E-state index in [-0.39, 0.29) is 16.9 Å². The van der Waals surface area contributed by atoms with E-state index >= 15 is 0 Å². The molecule has 0 aliphatic carbocycles. The van der Waals surface area contributed by atoms with Gasteiger partial charge in [0.2, 0.25) is 0 Å². The average molecular weight is 418 g/mol. The molecule has 0 fully saturated rings. The molecular formula is C20H17F3N4O3. The molecule has 0 saturated heterocycles. The smallest absolute Gasteiger partial charge is 0.345 e. The third-order valence-electron chi connectivity index (χ3n) is 4.62. The summed E-state index contributed by atoms with van der Waals surface area (Å²) in [5.41, 5.74) is 0.792. The topological polar surface area (TPSA) is 90.1 Å². The van der Waals surface area contributed by atoms with Gasteiger partial charge in [-0.1, -0.05) is 6.07 Å². The Morgan fingerprint density at radius 3 is 2.47 bits per heavy atom. The fraction of sp³-hybridized carbons (Fsp3) is 0.200. The number of rotatable bonds is 5. The maximum Gasteiger partial charge on any atom is 0.416 e. The van der Waals surface area contributed by atoms with Gasteiger partial charge in [-0.3, -0.25) is 14.9 Å². The number of carbonyl (C=O) groups is 1. The predicted molar refractivity (Wildman–Crippen MR) is 102 cm³/mol. The highest BCUT2D eigenvalue weighted by Crippen LogP contribution is 2.31. The molecule has 0 bridgehead atoms. The number of hydrogen-bond donors (Lipinski definition) is 1. The zero-order chi connectivity index (χ0) is 22.1. The van der Waals surface area contributed by atoms with Crippen molar-refractivity contribution in [2.45, 2.75) is 26.1 Å². The average Bonchev–Trinajstić information content (AvgIpc) is 3.09. The van der Waals surface area contributed by atoms with E-state index in [0.717, 1.165) is 12.1 Å². The van der Waals surface area contributed by atoms with Crippen LogP contribution in [0.3, 0.4) is 0 Å². The van der Waals surface area contributed by atoms with Crippen molar-refractivity contribution in [3.63, 3.8) is 0 Å². The lowest BCUT2D eigenvalue weighted by molar-refractivity contribution is -0.384. The quantitative estimate of drug-likeness (QED) is 0.484. The first kappa shape index (κ1) is 21.0. The maximum atomic E-state index is 13.0. The van der Waals surface area contributed by atoms with Crippen LogP contribution in [-0.4, -0.2) is 20.6 Å². The SMILES string of the molecule is Cc1c([C@H](C)NC(=O)c2ccc([N+](=O)[O-])cc2)cnn1-c1cccc(C(F)(F)F)c1. The minimum Gasteiger partial charge on any atom is -0.345 e. The lowest BCUT2D eigenvalue weighted by Crippen LogP contribution is -2.26. The number of nitrogens with zero attached hydrogens (tertiary/aromatic N) is 3. The van der Waals surface area contributed by atoms with Gasteiger partial charge in [0.1, 0.15) is 0 Å². The Balaban J connectivity index is 1.80. The van der Waals surface area contributed by atoms with Crippen LogP contribution in [0.2, 0.25) is 0 Å². The summed E-state index contributed by atoms with van der Waals surface area (Å²) in [6.45, 7) is 3.40. The number of nitrogens with one attached hydrogen (secondary N) is 1. The summed E-state index contributed by atoms with van der Waals surface area (Å²) in [5, 5.41) is 17.6. The van der Waals surface area contributed by atoms with Crippen molar-refractivity contribution >= 4 is 11.6 Å². The molecule has 0 spiro atoms. The molecule has 0 saturated carbocycles. The van der Waals surface area contributed by atoms with E-state index < -0.39 is 28.6 Å². The number of non-ortho nitro benzene ring substituents is 1. The molecule has 10 heteroatoms. The van der Waals surface area contributed by atoms with Crippen molar-refractivity contribution in [3.8, 4) is 5.69 Å². The van der Waals surface area contributed by atoms with Gasteiger partial charge in [-0.05, 0) is 44.2 Å². The maximum absolute atomic E-state index is 13.0.